The maximum atomic E-state index is 11.8. The fourth-order valence-corrected chi connectivity index (χ4v) is 1.58. The van der Waals surface area contributed by atoms with Crippen LogP contribution < -0.4 is 11.1 Å². The molecule has 1 unspecified atom stereocenters. The van der Waals surface area contributed by atoms with Gasteiger partial charge in [-0.3, -0.25) is 4.99 Å². The van der Waals surface area contributed by atoms with Crippen molar-refractivity contribution in [1.82, 2.24) is 5.32 Å². The van der Waals surface area contributed by atoms with Gasteiger partial charge in [0.15, 0.2) is 0 Å². The zero-order chi connectivity index (χ0) is 11.5. The summed E-state index contributed by atoms with van der Waals surface area (Å²) in [5.74, 6) is 0. The maximum Gasteiger partial charge on any atom is 0.0887 e. The summed E-state index contributed by atoms with van der Waals surface area (Å²) in [7, 11) is 0. The summed E-state index contributed by atoms with van der Waals surface area (Å²) in [6.07, 6.45) is 7.07. The number of hydrogen-bond acceptors (Lipinski definition) is 3. The molecule has 3 nitrogen and oxygen atoms in total. The third kappa shape index (κ3) is 2.21. The molecule has 0 saturated heterocycles. The van der Waals surface area contributed by atoms with E-state index in [0.29, 0.717) is 18.1 Å². The minimum Gasteiger partial charge on any atom is -0.399 e. The van der Waals surface area contributed by atoms with Crippen LogP contribution in [0.3, 0.4) is 0 Å². The average molecular weight is 219 g/mol. The summed E-state index contributed by atoms with van der Waals surface area (Å²) in [5, 5.41) is 3.35. The topological polar surface area (TPSA) is 50.4 Å². The molecule has 0 saturated carbocycles. The van der Waals surface area contributed by atoms with Crippen LogP contribution in [-0.2, 0) is 0 Å². The molecule has 1 atom stereocenters. The average Bonchev–Trinajstić information content (AvgIpc) is 2.90. The lowest BCUT2D eigenvalue weighted by Crippen LogP contribution is -2.24. The van der Waals surface area contributed by atoms with E-state index in [1.807, 2.05) is 12.3 Å². The normalized spacial score (nSPS) is 27.0. The van der Waals surface area contributed by atoms with Gasteiger partial charge in [-0.25, -0.2) is 4.39 Å². The van der Waals surface area contributed by atoms with Crippen molar-refractivity contribution in [2.75, 3.05) is 6.54 Å². The van der Waals surface area contributed by atoms with Crippen LogP contribution in [0.1, 0.15) is 6.92 Å². The monoisotopic (exact) mass is 219 g/mol. The lowest BCUT2D eigenvalue weighted by molar-refractivity contribution is 0.645. The van der Waals surface area contributed by atoms with Crippen LogP contribution in [0.25, 0.3) is 0 Å². The third-order valence-electron chi connectivity index (χ3n) is 2.45. The molecule has 0 spiro atoms. The Bertz CT molecular complexity index is 441. The Balaban J connectivity index is 2.06. The van der Waals surface area contributed by atoms with Gasteiger partial charge < -0.3 is 11.1 Å². The highest BCUT2D eigenvalue weighted by atomic mass is 19.1. The SMILES string of the molecule is CC1CN=CC2=C(N1)C/2=C/C=C(N)\C=C\F. The summed E-state index contributed by atoms with van der Waals surface area (Å²) in [6, 6.07) is 0.349. The van der Waals surface area contributed by atoms with Crippen LogP contribution in [0.15, 0.2) is 52.1 Å². The first-order chi connectivity index (χ1) is 7.72. The van der Waals surface area contributed by atoms with Crippen molar-refractivity contribution in [3.05, 3.63) is 47.1 Å². The Morgan fingerprint density at radius 2 is 2.50 bits per heavy atom. The molecule has 0 aromatic carbocycles. The molecule has 84 valence electrons. The van der Waals surface area contributed by atoms with Crippen molar-refractivity contribution in [3.63, 3.8) is 0 Å². The molecule has 4 heteroatoms. The number of hydrogen-bond donors (Lipinski definition) is 2. The van der Waals surface area contributed by atoms with E-state index in [1.54, 1.807) is 6.08 Å². The lowest BCUT2D eigenvalue weighted by atomic mass is 10.3. The summed E-state index contributed by atoms with van der Waals surface area (Å²) in [6.45, 7) is 2.88. The Morgan fingerprint density at radius 3 is 3.25 bits per heavy atom. The minimum atomic E-state index is 0.349. The molecule has 0 aromatic rings. The fourth-order valence-electron chi connectivity index (χ4n) is 1.58. The summed E-state index contributed by atoms with van der Waals surface area (Å²) in [4.78, 5) is 4.28. The first-order valence-electron chi connectivity index (χ1n) is 5.18. The molecule has 0 aromatic heterocycles. The first-order valence-corrected chi connectivity index (χ1v) is 5.18. The number of nitrogens with zero attached hydrogens (tertiary/aromatic N) is 1. The van der Waals surface area contributed by atoms with Gasteiger partial charge in [0.05, 0.1) is 18.6 Å². The highest BCUT2D eigenvalue weighted by Crippen LogP contribution is 2.36. The van der Waals surface area contributed by atoms with Gasteiger partial charge in [0.25, 0.3) is 0 Å². The number of nitrogens with two attached hydrogens (primary N) is 1. The second-order valence-corrected chi connectivity index (χ2v) is 3.87. The van der Waals surface area contributed by atoms with Crippen LogP contribution in [0.5, 0.6) is 0 Å². The molecule has 2 aliphatic rings. The van der Waals surface area contributed by atoms with Crippen molar-refractivity contribution in [2.45, 2.75) is 13.0 Å². The van der Waals surface area contributed by atoms with Gasteiger partial charge in [-0.2, -0.15) is 0 Å². The van der Waals surface area contributed by atoms with E-state index in [1.165, 1.54) is 6.08 Å². The van der Waals surface area contributed by atoms with E-state index in [-0.39, 0.29) is 0 Å². The molecule has 0 fully saturated rings. The van der Waals surface area contributed by atoms with Crippen molar-refractivity contribution >= 4 is 6.21 Å². The molecular formula is C12H14FN3. The van der Waals surface area contributed by atoms with E-state index in [2.05, 4.69) is 17.2 Å². The van der Waals surface area contributed by atoms with E-state index in [4.69, 9.17) is 5.73 Å². The molecule has 1 heterocycles. The molecule has 16 heavy (non-hydrogen) atoms. The van der Waals surface area contributed by atoms with E-state index >= 15 is 0 Å². The molecule has 0 radical (unpaired) electrons. The Morgan fingerprint density at radius 1 is 1.69 bits per heavy atom. The van der Waals surface area contributed by atoms with Gasteiger partial charge in [0.1, 0.15) is 0 Å². The molecular weight excluding hydrogens is 205 g/mol. The zero-order valence-corrected chi connectivity index (χ0v) is 9.07. The van der Waals surface area contributed by atoms with E-state index in [0.717, 1.165) is 23.4 Å². The predicted octanol–water partition coefficient (Wildman–Crippen LogP) is 1.57. The molecule has 2 rings (SSSR count). The Kier molecular flexibility index (Phi) is 2.90. The first kappa shape index (κ1) is 10.7. The predicted molar refractivity (Wildman–Crippen MR) is 63.6 cm³/mol. The number of rotatable bonds is 2. The van der Waals surface area contributed by atoms with Crippen molar-refractivity contribution in [1.29, 1.82) is 0 Å². The van der Waals surface area contributed by atoms with Crippen molar-refractivity contribution in [3.8, 4) is 0 Å². The number of aliphatic imine (C=N–C) groups is 1. The minimum absolute atomic E-state index is 0.349. The van der Waals surface area contributed by atoms with Crippen LogP contribution in [0, 0.1) is 0 Å². The van der Waals surface area contributed by atoms with Gasteiger partial charge in [-0.1, -0.05) is 6.08 Å². The number of allylic oxidation sites excluding steroid dienone is 5. The number of nitrogens with one attached hydrogen (secondary N) is 1. The van der Waals surface area contributed by atoms with Crippen molar-refractivity contribution in [2.24, 2.45) is 10.7 Å². The zero-order valence-electron chi connectivity index (χ0n) is 9.07. The second kappa shape index (κ2) is 4.35. The fraction of sp³-hybridized carbons (Fsp3) is 0.250. The largest absolute Gasteiger partial charge is 0.399 e. The molecule has 3 N–H and O–H groups in total. The Labute approximate surface area is 93.9 Å². The van der Waals surface area contributed by atoms with Crippen LogP contribution in [-0.4, -0.2) is 18.8 Å². The summed E-state index contributed by atoms with van der Waals surface area (Å²) in [5.41, 5.74) is 9.27. The third-order valence-corrected chi connectivity index (χ3v) is 2.45. The molecule has 0 bridgehead atoms. The van der Waals surface area contributed by atoms with E-state index < -0.39 is 0 Å². The van der Waals surface area contributed by atoms with Gasteiger partial charge in [0, 0.05) is 29.1 Å². The standard InChI is InChI=1S/C12H14FN3/c1-8-6-15-7-11-10(12(11)16-8)3-2-9(14)4-5-13/h2-5,7-8,16H,6,14H2,1H3/b5-4+,9-2+,10-3+. The van der Waals surface area contributed by atoms with Crippen LogP contribution in [0.4, 0.5) is 4.39 Å². The lowest BCUT2D eigenvalue weighted by Gasteiger charge is -2.08. The Hall–Kier alpha value is -1.84. The van der Waals surface area contributed by atoms with Crippen LogP contribution in [0.2, 0.25) is 0 Å². The number of halogens is 1. The van der Waals surface area contributed by atoms with Gasteiger partial charge in [-0.05, 0) is 19.1 Å². The maximum absolute atomic E-state index is 11.8. The summed E-state index contributed by atoms with van der Waals surface area (Å²) >= 11 is 0. The van der Waals surface area contributed by atoms with E-state index in [9.17, 15) is 4.39 Å². The molecule has 1 aliphatic heterocycles. The quantitative estimate of drug-likeness (QED) is 0.693. The van der Waals surface area contributed by atoms with Gasteiger partial charge in [-0.15, -0.1) is 0 Å². The van der Waals surface area contributed by atoms with Crippen LogP contribution >= 0.6 is 0 Å². The smallest absolute Gasteiger partial charge is 0.0887 e. The summed E-state index contributed by atoms with van der Waals surface area (Å²) < 4.78 is 11.8. The van der Waals surface area contributed by atoms with Gasteiger partial charge in [0.2, 0.25) is 0 Å². The van der Waals surface area contributed by atoms with Gasteiger partial charge >= 0.3 is 0 Å². The molecule has 0 amide bonds. The molecule has 1 aliphatic carbocycles. The highest BCUT2D eigenvalue weighted by molar-refractivity contribution is 5.98. The second-order valence-electron chi connectivity index (χ2n) is 3.87. The highest BCUT2D eigenvalue weighted by Gasteiger charge is 2.30. The van der Waals surface area contributed by atoms with Crippen molar-refractivity contribution < 1.29 is 4.39 Å².